The number of alkyl halides is 3. The van der Waals surface area contributed by atoms with Crippen LogP contribution in [-0.4, -0.2) is 82.2 Å². The van der Waals surface area contributed by atoms with Gasteiger partial charge in [-0.2, -0.15) is 13.2 Å². The van der Waals surface area contributed by atoms with Crippen LogP contribution in [-0.2, 0) is 41.7 Å². The highest BCUT2D eigenvalue weighted by molar-refractivity contribution is 7.91. The summed E-state index contributed by atoms with van der Waals surface area (Å²) in [5, 5.41) is 5.99. The summed E-state index contributed by atoms with van der Waals surface area (Å²) in [5.41, 5.74) is -4.51. The average molecular weight is 802 g/mol. The standard InChI is InChI=1S/C39H46F3N5O8S/c1-35(16-17-35)55-34(51)44-27-13-7-5-3-4-6-10-23-20-38(23,33(50)46-56(52,53)36(2)18-19-36)45-31(48)28-21-37(22-47(28)32(27)49)15-14-25-24-11-8-9-12-26(24)43-30(29(25)54-37)39(40,41)42/h6,8-12,23,27-28H,3-5,7,13-22H2,1-2H3,(H,44,51)(H,45,48)(H,46,50). The van der Waals surface area contributed by atoms with Crippen molar-refractivity contribution < 1.29 is 50.2 Å². The van der Waals surface area contributed by atoms with Gasteiger partial charge >= 0.3 is 12.3 Å². The average Bonchev–Trinajstić information content (AvgIpc) is 4.10. The van der Waals surface area contributed by atoms with E-state index in [1.165, 1.54) is 17.9 Å². The number of hydrogen-bond acceptors (Lipinski definition) is 9. The molecule has 8 rings (SSSR count). The number of nitrogens with zero attached hydrogens (tertiary/aromatic N) is 2. The second-order valence-electron chi connectivity index (χ2n) is 17.0. The fourth-order valence-corrected chi connectivity index (χ4v) is 9.66. The predicted octanol–water partition coefficient (Wildman–Crippen LogP) is 4.96. The topological polar surface area (TPSA) is 173 Å². The van der Waals surface area contributed by atoms with E-state index in [1.807, 2.05) is 6.08 Å². The van der Waals surface area contributed by atoms with E-state index in [1.54, 1.807) is 31.2 Å². The van der Waals surface area contributed by atoms with Crippen LogP contribution in [0.1, 0.15) is 102 Å². The second-order valence-corrected chi connectivity index (χ2v) is 19.2. The molecule has 3 N–H and O–H groups in total. The van der Waals surface area contributed by atoms with E-state index in [2.05, 4.69) is 20.3 Å². The maximum absolute atomic E-state index is 14.7. The quantitative estimate of drug-likeness (QED) is 0.354. The molecule has 5 unspecified atom stereocenters. The van der Waals surface area contributed by atoms with Crippen molar-refractivity contribution in [3.63, 3.8) is 0 Å². The van der Waals surface area contributed by atoms with Crippen LogP contribution in [0.2, 0.25) is 0 Å². The lowest BCUT2D eigenvalue weighted by atomic mass is 9.87. The first-order valence-corrected chi connectivity index (χ1v) is 20.9. The molecule has 2 aromatic rings. The van der Waals surface area contributed by atoms with Gasteiger partial charge in [0.1, 0.15) is 28.8 Å². The molecule has 17 heteroatoms. The van der Waals surface area contributed by atoms with Gasteiger partial charge in [-0.25, -0.2) is 18.2 Å². The number of carbonyl (C=O) groups is 4. The first-order valence-electron chi connectivity index (χ1n) is 19.4. The van der Waals surface area contributed by atoms with E-state index in [0.717, 1.165) is 6.42 Å². The summed E-state index contributed by atoms with van der Waals surface area (Å²) in [7, 11) is -4.08. The number of aryl methyl sites for hydroxylation is 1. The van der Waals surface area contributed by atoms with Gasteiger partial charge in [-0.3, -0.25) is 19.1 Å². The summed E-state index contributed by atoms with van der Waals surface area (Å²) in [4.78, 5) is 61.4. The third-order valence-electron chi connectivity index (χ3n) is 12.6. The molecule has 56 heavy (non-hydrogen) atoms. The summed E-state index contributed by atoms with van der Waals surface area (Å²) < 4.78 is 83.2. The Hall–Kier alpha value is -4.41. The minimum Gasteiger partial charge on any atom is -0.483 e. The van der Waals surface area contributed by atoms with Gasteiger partial charge in [-0.1, -0.05) is 43.2 Å². The van der Waals surface area contributed by atoms with Crippen LogP contribution in [0, 0.1) is 5.92 Å². The minimum absolute atomic E-state index is 0.103. The number of alkyl carbamates (subject to hydrolysis) is 1. The van der Waals surface area contributed by atoms with Crippen molar-refractivity contribution in [2.45, 2.75) is 137 Å². The van der Waals surface area contributed by atoms with Crippen LogP contribution in [0.5, 0.6) is 5.75 Å². The molecule has 3 aliphatic heterocycles. The zero-order valence-electron chi connectivity index (χ0n) is 31.3. The molecular formula is C39H46F3N5O8S. The van der Waals surface area contributed by atoms with Crippen molar-refractivity contribution in [2.24, 2.45) is 5.92 Å². The lowest BCUT2D eigenvalue weighted by Gasteiger charge is -2.37. The second kappa shape index (κ2) is 13.3. The van der Waals surface area contributed by atoms with E-state index in [-0.39, 0.29) is 44.2 Å². The summed E-state index contributed by atoms with van der Waals surface area (Å²) in [6.45, 7) is 3.02. The predicted molar refractivity (Wildman–Crippen MR) is 195 cm³/mol. The summed E-state index contributed by atoms with van der Waals surface area (Å²) in [6, 6.07) is 3.96. The highest BCUT2D eigenvalue weighted by atomic mass is 32.2. The highest BCUT2D eigenvalue weighted by Gasteiger charge is 2.64. The Bertz CT molecular complexity index is 2140. The first-order chi connectivity index (χ1) is 26.4. The number of allylic oxidation sites excluding steroid dienone is 1. The van der Waals surface area contributed by atoms with Crippen LogP contribution in [0.25, 0.3) is 10.9 Å². The van der Waals surface area contributed by atoms with Gasteiger partial charge in [-0.05, 0) is 84.1 Å². The fraction of sp³-hybridized carbons (Fsp3) is 0.615. The number of nitrogens with one attached hydrogen (secondary N) is 3. The number of halogens is 3. The van der Waals surface area contributed by atoms with Crippen LogP contribution in [0.4, 0.5) is 18.0 Å². The van der Waals surface area contributed by atoms with E-state index >= 15 is 0 Å². The first kappa shape index (κ1) is 38.5. The Balaban J connectivity index is 1.15. The molecule has 4 amide bonds. The third-order valence-corrected chi connectivity index (χ3v) is 14.7. The molecule has 1 saturated heterocycles. The van der Waals surface area contributed by atoms with Crippen LogP contribution < -0.4 is 20.1 Å². The number of aromatic nitrogens is 1. The van der Waals surface area contributed by atoms with E-state index < -0.39 is 90.9 Å². The lowest BCUT2D eigenvalue weighted by molar-refractivity contribution is -0.144. The number of benzene rings is 1. The van der Waals surface area contributed by atoms with Gasteiger partial charge in [0.2, 0.25) is 21.8 Å². The van der Waals surface area contributed by atoms with Crippen LogP contribution in [0.3, 0.4) is 0 Å². The molecule has 6 aliphatic rings. The molecule has 4 heterocycles. The third kappa shape index (κ3) is 7.08. The summed E-state index contributed by atoms with van der Waals surface area (Å²) in [5.74, 6) is -3.34. The molecule has 1 aromatic carbocycles. The number of hydrogen-bond donors (Lipinski definition) is 3. The summed E-state index contributed by atoms with van der Waals surface area (Å²) >= 11 is 0. The number of amides is 4. The van der Waals surface area contributed by atoms with Gasteiger partial charge in [0.15, 0.2) is 11.4 Å². The Kier molecular flexibility index (Phi) is 9.16. The van der Waals surface area contributed by atoms with Crippen LogP contribution >= 0.6 is 0 Å². The zero-order chi connectivity index (χ0) is 39.9. The smallest absolute Gasteiger partial charge is 0.437 e. The van der Waals surface area contributed by atoms with Crippen LogP contribution in [0.15, 0.2) is 36.4 Å². The van der Waals surface area contributed by atoms with Crippen molar-refractivity contribution >= 4 is 44.7 Å². The maximum Gasteiger partial charge on any atom is 0.437 e. The van der Waals surface area contributed by atoms with E-state index in [9.17, 15) is 40.8 Å². The molecule has 3 saturated carbocycles. The van der Waals surface area contributed by atoms with E-state index in [0.29, 0.717) is 55.9 Å². The molecule has 0 bridgehead atoms. The van der Waals surface area contributed by atoms with Gasteiger partial charge < -0.3 is 25.0 Å². The molecule has 3 aliphatic carbocycles. The number of ether oxygens (including phenoxy) is 2. The Labute approximate surface area is 322 Å². The molecule has 0 radical (unpaired) electrons. The number of carbonyl (C=O) groups excluding carboxylic acids is 4. The van der Waals surface area contributed by atoms with Crippen molar-refractivity contribution in [1.29, 1.82) is 0 Å². The van der Waals surface area contributed by atoms with Gasteiger partial charge in [0.05, 0.1) is 16.8 Å². The molecule has 5 atom stereocenters. The Morgan fingerprint density at radius 2 is 1.79 bits per heavy atom. The monoisotopic (exact) mass is 801 g/mol. The normalized spacial score (nSPS) is 30.7. The summed E-state index contributed by atoms with van der Waals surface area (Å²) in [6.07, 6.45) is 3.00. The largest absolute Gasteiger partial charge is 0.483 e. The minimum atomic E-state index is -4.89. The molecule has 4 fully saturated rings. The SMILES string of the molecule is CC1(OC(=O)NC2CCCCCC=CC3CC3(C(=O)NS(=O)(=O)C3(C)CC3)NC(=O)C3CC4(CCc5c(c(C(F)(F)F)nc6ccccc56)O4)CN3C2=O)CC1. The lowest BCUT2D eigenvalue weighted by Crippen LogP contribution is -2.58. The highest BCUT2D eigenvalue weighted by Crippen LogP contribution is 2.50. The number of rotatable bonds is 5. The molecule has 302 valence electrons. The van der Waals surface area contributed by atoms with Crippen molar-refractivity contribution in [1.82, 2.24) is 25.2 Å². The van der Waals surface area contributed by atoms with Crippen molar-refractivity contribution in [2.75, 3.05) is 6.54 Å². The van der Waals surface area contributed by atoms with Gasteiger partial charge in [0, 0.05) is 23.3 Å². The zero-order valence-corrected chi connectivity index (χ0v) is 32.1. The Morgan fingerprint density at radius 3 is 2.50 bits per heavy atom. The molecule has 13 nitrogen and oxygen atoms in total. The van der Waals surface area contributed by atoms with Gasteiger partial charge in [-0.15, -0.1) is 0 Å². The number of fused-ring (bicyclic) bond motifs is 5. The van der Waals surface area contributed by atoms with E-state index in [4.69, 9.17) is 9.47 Å². The Morgan fingerprint density at radius 1 is 1.04 bits per heavy atom. The molecular weight excluding hydrogens is 756 g/mol. The fourth-order valence-electron chi connectivity index (χ4n) is 8.35. The van der Waals surface area contributed by atoms with Crippen molar-refractivity contribution in [3.05, 3.63) is 47.7 Å². The van der Waals surface area contributed by atoms with Crippen molar-refractivity contribution in [3.8, 4) is 5.75 Å². The number of sulfonamides is 1. The van der Waals surface area contributed by atoms with Gasteiger partial charge in [0.25, 0.3) is 5.91 Å². The molecule has 1 aromatic heterocycles. The molecule has 1 spiro atoms. The number of para-hydroxylation sites is 1. The maximum atomic E-state index is 14.7. The number of pyridine rings is 1.